The molecule has 0 aromatic carbocycles. The molecular formula is C15H22N4O. The van der Waals surface area contributed by atoms with Crippen LogP contribution >= 0.6 is 0 Å². The molecule has 0 saturated carbocycles. The number of pyridine rings is 1. The van der Waals surface area contributed by atoms with Gasteiger partial charge in [0.2, 0.25) is 5.88 Å². The van der Waals surface area contributed by atoms with E-state index in [1.54, 1.807) is 13.3 Å². The van der Waals surface area contributed by atoms with Gasteiger partial charge < -0.3 is 14.6 Å². The van der Waals surface area contributed by atoms with Gasteiger partial charge in [-0.1, -0.05) is 19.9 Å². The van der Waals surface area contributed by atoms with Crippen molar-refractivity contribution in [1.82, 2.24) is 19.9 Å². The van der Waals surface area contributed by atoms with Gasteiger partial charge in [-0.3, -0.25) is 0 Å². The van der Waals surface area contributed by atoms with E-state index in [2.05, 4.69) is 35.3 Å². The summed E-state index contributed by atoms with van der Waals surface area (Å²) >= 11 is 0. The first-order chi connectivity index (χ1) is 9.69. The molecule has 2 rings (SSSR count). The average molecular weight is 274 g/mol. The van der Waals surface area contributed by atoms with Gasteiger partial charge >= 0.3 is 0 Å². The van der Waals surface area contributed by atoms with Crippen LogP contribution in [0.5, 0.6) is 5.88 Å². The highest BCUT2D eigenvalue weighted by atomic mass is 16.5. The molecule has 0 saturated heterocycles. The van der Waals surface area contributed by atoms with Gasteiger partial charge in [-0.15, -0.1) is 0 Å². The molecule has 0 fully saturated rings. The van der Waals surface area contributed by atoms with Crippen molar-refractivity contribution in [3.63, 3.8) is 0 Å². The maximum absolute atomic E-state index is 5.26. The summed E-state index contributed by atoms with van der Waals surface area (Å²) in [5.41, 5.74) is 2.10. The Morgan fingerprint density at radius 1 is 1.35 bits per heavy atom. The molecular weight excluding hydrogens is 252 g/mol. The minimum absolute atomic E-state index is 0.650. The second kappa shape index (κ2) is 7.05. The zero-order chi connectivity index (χ0) is 14.4. The summed E-state index contributed by atoms with van der Waals surface area (Å²) in [7, 11) is 1.64. The Balaban J connectivity index is 1.95. The Labute approximate surface area is 120 Å². The van der Waals surface area contributed by atoms with Crippen LogP contribution in [-0.2, 0) is 13.1 Å². The van der Waals surface area contributed by atoms with Gasteiger partial charge in [0.1, 0.15) is 0 Å². The maximum Gasteiger partial charge on any atom is 0.218 e. The number of aromatic nitrogens is 3. The van der Waals surface area contributed by atoms with Crippen molar-refractivity contribution in [2.75, 3.05) is 13.7 Å². The zero-order valence-electron chi connectivity index (χ0n) is 12.3. The third-order valence-corrected chi connectivity index (χ3v) is 2.94. The van der Waals surface area contributed by atoms with Crippen LogP contribution in [0.25, 0.3) is 0 Å². The highest BCUT2D eigenvalue weighted by Gasteiger charge is 2.05. The lowest BCUT2D eigenvalue weighted by molar-refractivity contribution is 0.391. The molecule has 2 aromatic heterocycles. The van der Waals surface area contributed by atoms with Gasteiger partial charge in [-0.2, -0.15) is 0 Å². The van der Waals surface area contributed by atoms with Crippen LogP contribution in [0.4, 0.5) is 0 Å². The third kappa shape index (κ3) is 4.06. The van der Waals surface area contributed by atoms with Crippen molar-refractivity contribution < 1.29 is 4.74 Å². The highest BCUT2D eigenvalue weighted by molar-refractivity contribution is 5.25. The molecule has 0 radical (unpaired) electrons. The van der Waals surface area contributed by atoms with E-state index in [4.69, 9.17) is 4.74 Å². The van der Waals surface area contributed by atoms with E-state index in [0.717, 1.165) is 24.3 Å². The molecule has 0 atom stereocenters. The predicted molar refractivity (Wildman–Crippen MR) is 78.7 cm³/mol. The summed E-state index contributed by atoms with van der Waals surface area (Å²) in [6.07, 6.45) is 5.64. The first-order valence-corrected chi connectivity index (χ1v) is 6.88. The Morgan fingerprint density at radius 2 is 2.20 bits per heavy atom. The van der Waals surface area contributed by atoms with Crippen LogP contribution in [0.15, 0.2) is 30.9 Å². The molecule has 20 heavy (non-hydrogen) atoms. The van der Waals surface area contributed by atoms with Crippen LogP contribution in [0, 0.1) is 5.92 Å². The molecule has 0 amide bonds. The number of rotatable bonds is 7. The van der Waals surface area contributed by atoms with E-state index in [9.17, 15) is 0 Å². The maximum atomic E-state index is 5.26. The Bertz CT molecular complexity index is 536. The van der Waals surface area contributed by atoms with Crippen LogP contribution in [0.3, 0.4) is 0 Å². The summed E-state index contributed by atoms with van der Waals surface area (Å²) in [5, 5.41) is 3.39. The normalized spacial score (nSPS) is 11.0. The second-order valence-corrected chi connectivity index (χ2v) is 5.23. The molecule has 0 aliphatic carbocycles. The number of ether oxygens (including phenoxy) is 1. The largest absolute Gasteiger partial charge is 0.481 e. The van der Waals surface area contributed by atoms with Gasteiger partial charge in [-0.25, -0.2) is 9.97 Å². The lowest BCUT2D eigenvalue weighted by atomic mass is 10.2. The Hall–Kier alpha value is -1.88. The molecule has 5 nitrogen and oxygen atoms in total. The zero-order valence-corrected chi connectivity index (χ0v) is 12.3. The molecule has 5 heteroatoms. The number of imidazole rings is 1. The van der Waals surface area contributed by atoms with Crippen molar-refractivity contribution in [1.29, 1.82) is 0 Å². The molecule has 0 aliphatic rings. The molecule has 2 aromatic rings. The first-order valence-electron chi connectivity index (χ1n) is 6.88. The monoisotopic (exact) mass is 274 g/mol. The van der Waals surface area contributed by atoms with Gasteiger partial charge in [0, 0.05) is 24.5 Å². The lowest BCUT2D eigenvalue weighted by Crippen LogP contribution is -2.19. The van der Waals surface area contributed by atoms with Crippen molar-refractivity contribution in [2.24, 2.45) is 5.92 Å². The SMILES string of the molecule is COc1ncccc1Cn1cnc(CNCC(C)C)c1. The van der Waals surface area contributed by atoms with Gasteiger partial charge in [0.05, 0.1) is 25.7 Å². The van der Waals surface area contributed by atoms with Crippen molar-refractivity contribution in [3.8, 4) is 5.88 Å². The minimum atomic E-state index is 0.650. The molecule has 2 heterocycles. The molecule has 0 spiro atoms. The van der Waals surface area contributed by atoms with Gasteiger partial charge in [0.15, 0.2) is 0 Å². The fourth-order valence-electron chi connectivity index (χ4n) is 2.00. The molecule has 108 valence electrons. The predicted octanol–water partition coefficient (Wildman–Crippen LogP) is 2.08. The smallest absolute Gasteiger partial charge is 0.218 e. The Morgan fingerprint density at radius 3 is 2.95 bits per heavy atom. The van der Waals surface area contributed by atoms with E-state index in [1.807, 2.05) is 23.0 Å². The highest BCUT2D eigenvalue weighted by Crippen LogP contribution is 2.15. The number of methoxy groups -OCH3 is 1. The minimum Gasteiger partial charge on any atom is -0.481 e. The van der Waals surface area contributed by atoms with E-state index in [-0.39, 0.29) is 0 Å². The van der Waals surface area contributed by atoms with Crippen LogP contribution in [-0.4, -0.2) is 28.2 Å². The lowest BCUT2D eigenvalue weighted by Gasteiger charge is -2.07. The number of hydrogen-bond acceptors (Lipinski definition) is 4. The van der Waals surface area contributed by atoms with Crippen molar-refractivity contribution in [2.45, 2.75) is 26.9 Å². The molecule has 0 unspecified atom stereocenters. The van der Waals surface area contributed by atoms with Crippen LogP contribution in [0.1, 0.15) is 25.1 Å². The summed E-state index contributed by atoms with van der Waals surface area (Å²) in [4.78, 5) is 8.60. The summed E-state index contributed by atoms with van der Waals surface area (Å²) < 4.78 is 7.31. The number of nitrogens with zero attached hydrogens (tertiary/aromatic N) is 3. The van der Waals surface area contributed by atoms with E-state index in [1.165, 1.54) is 0 Å². The molecule has 0 aliphatic heterocycles. The topological polar surface area (TPSA) is 52.0 Å². The molecule has 0 bridgehead atoms. The van der Waals surface area contributed by atoms with E-state index in [0.29, 0.717) is 18.3 Å². The fraction of sp³-hybridized carbons (Fsp3) is 0.467. The summed E-state index contributed by atoms with van der Waals surface area (Å²) in [5.74, 6) is 1.32. The van der Waals surface area contributed by atoms with E-state index >= 15 is 0 Å². The Kier molecular flexibility index (Phi) is 5.12. The number of nitrogens with one attached hydrogen (secondary N) is 1. The average Bonchev–Trinajstić information content (AvgIpc) is 2.86. The molecule has 1 N–H and O–H groups in total. The summed E-state index contributed by atoms with van der Waals surface area (Å²) in [6.45, 7) is 6.91. The van der Waals surface area contributed by atoms with Crippen LogP contribution < -0.4 is 10.1 Å². The van der Waals surface area contributed by atoms with Crippen molar-refractivity contribution in [3.05, 3.63) is 42.1 Å². The second-order valence-electron chi connectivity index (χ2n) is 5.23. The summed E-state index contributed by atoms with van der Waals surface area (Å²) in [6, 6.07) is 3.93. The van der Waals surface area contributed by atoms with Gasteiger partial charge in [-0.05, 0) is 18.5 Å². The standard InChI is InChI=1S/C15H22N4O/c1-12(2)7-16-8-14-10-19(11-18-14)9-13-5-4-6-17-15(13)20-3/h4-6,10-12,16H,7-9H2,1-3H3. The fourth-order valence-corrected chi connectivity index (χ4v) is 2.00. The number of hydrogen-bond donors (Lipinski definition) is 1. The van der Waals surface area contributed by atoms with E-state index < -0.39 is 0 Å². The third-order valence-electron chi connectivity index (χ3n) is 2.94. The quantitative estimate of drug-likeness (QED) is 0.840. The van der Waals surface area contributed by atoms with Crippen molar-refractivity contribution >= 4 is 0 Å². The first kappa shape index (κ1) is 14.5. The van der Waals surface area contributed by atoms with Gasteiger partial charge in [0.25, 0.3) is 0 Å². The van der Waals surface area contributed by atoms with Crippen LogP contribution in [0.2, 0.25) is 0 Å².